The van der Waals surface area contributed by atoms with E-state index in [1.807, 2.05) is 49.3 Å². The monoisotopic (exact) mass is 332 g/mol. The molecule has 0 aliphatic rings. The van der Waals surface area contributed by atoms with Crippen LogP contribution in [0, 0.1) is 0 Å². The van der Waals surface area contributed by atoms with Crippen LogP contribution in [0.4, 0.5) is 5.69 Å². The molecule has 4 nitrogen and oxygen atoms in total. The Balaban J connectivity index is 0.00000264. The molecule has 5 heteroatoms. The lowest BCUT2D eigenvalue weighted by molar-refractivity contribution is -0.696. The van der Waals surface area contributed by atoms with Crippen molar-refractivity contribution in [2.45, 2.75) is 13.0 Å². The van der Waals surface area contributed by atoms with Crippen LogP contribution in [-0.2, 0) is 11.3 Å². The molecule has 0 saturated carbocycles. The second kappa shape index (κ2) is 8.96. The van der Waals surface area contributed by atoms with Crippen LogP contribution in [0.15, 0.2) is 48.8 Å². The number of carbonyl (C=O) groups is 1. The van der Waals surface area contributed by atoms with E-state index in [4.69, 9.17) is 5.11 Å². The topological polar surface area (TPSA) is 44.4 Å². The Morgan fingerprint density at radius 3 is 2.04 bits per heavy atom. The van der Waals surface area contributed by atoms with E-state index >= 15 is 0 Å². The van der Waals surface area contributed by atoms with Gasteiger partial charge >= 0.3 is 5.97 Å². The molecule has 2 aromatic rings. The van der Waals surface area contributed by atoms with Crippen LogP contribution in [-0.4, -0.2) is 25.2 Å². The number of nitrogens with zero attached hydrogens (tertiary/aromatic N) is 2. The van der Waals surface area contributed by atoms with E-state index in [-0.39, 0.29) is 18.8 Å². The second-order valence-corrected chi connectivity index (χ2v) is 5.33. The summed E-state index contributed by atoms with van der Waals surface area (Å²) in [5.41, 5.74) is 3.41. The average molecular weight is 333 g/mol. The second-order valence-electron chi connectivity index (χ2n) is 5.33. The fourth-order valence-electron chi connectivity index (χ4n) is 2.03. The van der Waals surface area contributed by atoms with Crippen molar-refractivity contribution >= 4 is 23.8 Å². The minimum atomic E-state index is -0.780. The van der Waals surface area contributed by atoms with Crippen molar-refractivity contribution in [2.24, 2.45) is 0 Å². The molecule has 1 aromatic carbocycles. The number of carboxylic acids is 1. The minimum absolute atomic E-state index is 0. The van der Waals surface area contributed by atoms with Gasteiger partial charge in [0.05, 0.1) is 0 Å². The molecule has 0 unspecified atom stereocenters. The number of rotatable bonds is 6. The maximum Gasteiger partial charge on any atom is 0.309 e. The molecule has 1 heterocycles. The molecule has 23 heavy (non-hydrogen) atoms. The van der Waals surface area contributed by atoms with Gasteiger partial charge in [-0.1, -0.05) is 24.3 Å². The standard InChI is InChI=1S/C18H20N2O2.ClH/c1-19(2)17-7-5-15(6-8-17)3-4-16-9-12-20(13-10-16)14-11-18(21)22;/h3-10,12-13H,11,14H2,1-2H3;1H. The van der Waals surface area contributed by atoms with Gasteiger partial charge < -0.3 is 22.4 Å². The molecule has 0 aliphatic heterocycles. The van der Waals surface area contributed by atoms with Gasteiger partial charge in [0.1, 0.15) is 6.42 Å². The van der Waals surface area contributed by atoms with E-state index < -0.39 is 5.97 Å². The summed E-state index contributed by atoms with van der Waals surface area (Å²) in [7, 11) is 4.04. The maximum atomic E-state index is 10.5. The normalized spacial score (nSPS) is 10.3. The number of hydrogen-bond donors (Lipinski definition) is 1. The molecule has 0 bridgehead atoms. The van der Waals surface area contributed by atoms with Gasteiger partial charge in [0.25, 0.3) is 0 Å². The zero-order valence-electron chi connectivity index (χ0n) is 13.3. The Hall–Kier alpha value is -2.33. The number of halogens is 1. The molecule has 2 rings (SSSR count). The van der Waals surface area contributed by atoms with Crippen LogP contribution in [0.5, 0.6) is 0 Å². The molecule has 122 valence electrons. The fraction of sp³-hybridized carbons (Fsp3) is 0.222. The van der Waals surface area contributed by atoms with E-state index in [9.17, 15) is 4.79 Å². The number of hydrogen-bond acceptors (Lipinski definition) is 2. The van der Waals surface area contributed by atoms with E-state index in [0.29, 0.717) is 6.54 Å². The number of pyridine rings is 1. The lowest BCUT2D eigenvalue weighted by atomic mass is 10.1. The molecule has 0 fully saturated rings. The number of benzene rings is 1. The highest BCUT2D eigenvalue weighted by Gasteiger charge is 2.03. The number of carboxylic acid groups (broad SMARTS) is 1. The first kappa shape index (κ1) is 18.7. The van der Waals surface area contributed by atoms with Gasteiger partial charge in [0.2, 0.25) is 0 Å². The Morgan fingerprint density at radius 2 is 1.57 bits per heavy atom. The third kappa shape index (κ3) is 6.12. The molecule has 0 amide bonds. The number of aryl methyl sites for hydroxylation is 1. The first-order chi connectivity index (χ1) is 10.5. The first-order valence-corrected chi connectivity index (χ1v) is 7.21. The van der Waals surface area contributed by atoms with Gasteiger partial charge in [-0.15, -0.1) is 0 Å². The summed E-state index contributed by atoms with van der Waals surface area (Å²) in [5.74, 6) is -0.780. The van der Waals surface area contributed by atoms with Crippen molar-refractivity contribution in [3.8, 4) is 0 Å². The van der Waals surface area contributed by atoms with Gasteiger partial charge in [0, 0.05) is 31.9 Å². The highest BCUT2D eigenvalue weighted by Crippen LogP contribution is 2.14. The van der Waals surface area contributed by atoms with Crippen LogP contribution in [0.1, 0.15) is 17.5 Å². The molecular formula is C18H21ClN2O2. The van der Waals surface area contributed by atoms with Crippen LogP contribution in [0.3, 0.4) is 0 Å². The predicted molar refractivity (Wildman–Crippen MR) is 88.6 cm³/mol. The Bertz CT molecular complexity index is 650. The number of aromatic nitrogens is 1. The van der Waals surface area contributed by atoms with E-state index in [1.54, 1.807) is 0 Å². The average Bonchev–Trinajstić information content (AvgIpc) is 2.52. The molecule has 1 N–H and O–H groups in total. The smallest absolute Gasteiger partial charge is 0.309 e. The van der Waals surface area contributed by atoms with Crippen molar-refractivity contribution in [2.75, 3.05) is 19.0 Å². The van der Waals surface area contributed by atoms with Crippen LogP contribution < -0.4 is 21.9 Å². The number of aliphatic carboxylic acids is 1. The fourth-order valence-corrected chi connectivity index (χ4v) is 2.03. The van der Waals surface area contributed by atoms with Crippen molar-refractivity contribution in [3.63, 3.8) is 0 Å². The first-order valence-electron chi connectivity index (χ1n) is 7.21. The molecule has 0 aliphatic carbocycles. The van der Waals surface area contributed by atoms with Crippen LogP contribution in [0.25, 0.3) is 12.2 Å². The predicted octanol–water partition coefficient (Wildman–Crippen LogP) is -0.311. The highest BCUT2D eigenvalue weighted by atomic mass is 35.5. The maximum absolute atomic E-state index is 10.5. The lowest BCUT2D eigenvalue weighted by Crippen LogP contribution is -3.00. The lowest BCUT2D eigenvalue weighted by Gasteiger charge is -2.11. The van der Waals surface area contributed by atoms with E-state index in [1.165, 1.54) is 5.69 Å². The third-order valence-electron chi connectivity index (χ3n) is 3.38. The molecular weight excluding hydrogens is 312 g/mol. The summed E-state index contributed by atoms with van der Waals surface area (Å²) < 4.78 is 1.87. The van der Waals surface area contributed by atoms with Gasteiger partial charge in [-0.3, -0.25) is 4.79 Å². The summed E-state index contributed by atoms with van der Waals surface area (Å²) in [4.78, 5) is 12.6. The Kier molecular flexibility index (Phi) is 7.29. The largest absolute Gasteiger partial charge is 1.00 e. The van der Waals surface area contributed by atoms with Gasteiger partial charge in [-0.2, -0.15) is 0 Å². The van der Waals surface area contributed by atoms with Crippen molar-refractivity contribution in [3.05, 3.63) is 59.9 Å². The molecule has 1 aromatic heterocycles. The highest BCUT2D eigenvalue weighted by molar-refractivity contribution is 5.70. The SMILES string of the molecule is CN(C)c1ccc(/C=C\c2cc[n+](CCC(=O)O)cc2)cc1.[Cl-]. The molecule has 0 saturated heterocycles. The van der Waals surface area contributed by atoms with Crippen molar-refractivity contribution in [1.82, 2.24) is 0 Å². The van der Waals surface area contributed by atoms with E-state index in [2.05, 4.69) is 35.2 Å². The third-order valence-corrected chi connectivity index (χ3v) is 3.38. The zero-order chi connectivity index (χ0) is 15.9. The molecule has 0 radical (unpaired) electrons. The van der Waals surface area contributed by atoms with Crippen LogP contribution in [0.2, 0.25) is 0 Å². The summed E-state index contributed by atoms with van der Waals surface area (Å²) in [6.07, 6.45) is 8.05. The van der Waals surface area contributed by atoms with E-state index in [0.717, 1.165) is 11.1 Å². The minimum Gasteiger partial charge on any atom is -1.00 e. The zero-order valence-corrected chi connectivity index (χ0v) is 14.1. The summed E-state index contributed by atoms with van der Waals surface area (Å²) in [6.45, 7) is 0.491. The quantitative estimate of drug-likeness (QED) is 0.738. The Morgan fingerprint density at radius 1 is 1.04 bits per heavy atom. The van der Waals surface area contributed by atoms with Crippen molar-refractivity contribution < 1.29 is 26.9 Å². The van der Waals surface area contributed by atoms with Crippen molar-refractivity contribution in [1.29, 1.82) is 0 Å². The molecule has 0 spiro atoms. The summed E-state index contributed by atoms with van der Waals surface area (Å²) in [5, 5.41) is 8.67. The van der Waals surface area contributed by atoms with Gasteiger partial charge in [-0.25, -0.2) is 4.57 Å². The Labute approximate surface area is 143 Å². The number of anilines is 1. The summed E-state index contributed by atoms with van der Waals surface area (Å²) >= 11 is 0. The van der Waals surface area contributed by atoms with Gasteiger partial charge in [-0.05, 0) is 23.3 Å². The molecule has 0 atom stereocenters. The summed E-state index contributed by atoms with van der Waals surface area (Å²) in [6, 6.07) is 12.3. The van der Waals surface area contributed by atoms with Crippen LogP contribution >= 0.6 is 0 Å². The van der Waals surface area contributed by atoms with Gasteiger partial charge in [0.15, 0.2) is 18.9 Å².